The number of unbranched alkanes of at least 4 members (excludes halogenated alkanes) is 5. The Kier molecular flexibility index (Phi) is 15.4. The van der Waals surface area contributed by atoms with Crippen LogP contribution in [0.4, 0.5) is 0 Å². The van der Waals surface area contributed by atoms with E-state index in [-0.39, 0.29) is 11.9 Å². The molecular formula is C42H44O8. The van der Waals surface area contributed by atoms with E-state index < -0.39 is 5.97 Å². The van der Waals surface area contributed by atoms with Gasteiger partial charge in [-0.15, -0.1) is 0 Å². The van der Waals surface area contributed by atoms with E-state index in [2.05, 4.69) is 49.6 Å². The van der Waals surface area contributed by atoms with Gasteiger partial charge >= 0.3 is 17.9 Å². The molecule has 8 heteroatoms. The minimum Gasteiger partial charge on any atom is -0.494 e. The topological polar surface area (TPSA) is 97.4 Å². The summed E-state index contributed by atoms with van der Waals surface area (Å²) in [6, 6.07) is 30.6. The summed E-state index contributed by atoms with van der Waals surface area (Å²) in [5, 5.41) is 0. The van der Waals surface area contributed by atoms with Gasteiger partial charge in [0.2, 0.25) is 0 Å². The zero-order chi connectivity index (χ0) is 35.4. The fourth-order valence-electron chi connectivity index (χ4n) is 5.04. The first-order chi connectivity index (χ1) is 24.4. The Balaban J connectivity index is 1.16. The molecule has 0 saturated carbocycles. The first-order valence-electron chi connectivity index (χ1n) is 16.9. The zero-order valence-corrected chi connectivity index (χ0v) is 28.4. The van der Waals surface area contributed by atoms with E-state index in [9.17, 15) is 14.4 Å². The Morgan fingerprint density at radius 1 is 0.520 bits per heavy atom. The molecule has 0 radical (unpaired) electrons. The van der Waals surface area contributed by atoms with E-state index in [0.717, 1.165) is 79.2 Å². The first-order valence-corrected chi connectivity index (χ1v) is 16.9. The van der Waals surface area contributed by atoms with Gasteiger partial charge in [-0.3, -0.25) is 4.79 Å². The van der Waals surface area contributed by atoms with Crippen molar-refractivity contribution in [2.75, 3.05) is 19.8 Å². The number of hydrogen-bond donors (Lipinski definition) is 0. The number of carbonyl (C=O) groups is 3. The summed E-state index contributed by atoms with van der Waals surface area (Å²) in [5.41, 5.74) is 4.68. The van der Waals surface area contributed by atoms with Crippen LogP contribution in [0.2, 0.25) is 0 Å². The van der Waals surface area contributed by atoms with Crippen LogP contribution in [0.3, 0.4) is 0 Å². The molecule has 0 amide bonds. The van der Waals surface area contributed by atoms with Crippen LogP contribution < -0.4 is 14.2 Å². The molecule has 0 aromatic heterocycles. The molecule has 260 valence electrons. The average Bonchev–Trinajstić information content (AvgIpc) is 3.15. The molecule has 0 saturated heterocycles. The van der Waals surface area contributed by atoms with Gasteiger partial charge in [-0.25, -0.2) is 9.59 Å². The highest BCUT2D eigenvalue weighted by Crippen LogP contribution is 2.27. The highest BCUT2D eigenvalue weighted by molar-refractivity contribution is 5.91. The van der Waals surface area contributed by atoms with Gasteiger partial charge in [0.25, 0.3) is 0 Å². The number of rotatable bonds is 21. The first kappa shape index (κ1) is 37.2. The third-order valence-electron chi connectivity index (χ3n) is 7.79. The molecule has 0 aliphatic carbocycles. The smallest absolute Gasteiger partial charge is 0.343 e. The number of esters is 3. The maximum atomic E-state index is 12.8. The average molecular weight is 677 g/mol. The third-order valence-corrected chi connectivity index (χ3v) is 7.79. The van der Waals surface area contributed by atoms with Gasteiger partial charge < -0.3 is 23.7 Å². The second-order valence-electron chi connectivity index (χ2n) is 11.5. The lowest BCUT2D eigenvalue weighted by Crippen LogP contribution is -2.08. The summed E-state index contributed by atoms with van der Waals surface area (Å²) in [6.07, 6.45) is 8.84. The van der Waals surface area contributed by atoms with Crippen LogP contribution in [-0.2, 0) is 19.1 Å². The van der Waals surface area contributed by atoms with Crippen molar-refractivity contribution >= 4 is 17.9 Å². The van der Waals surface area contributed by atoms with E-state index in [1.807, 2.05) is 24.3 Å². The molecule has 50 heavy (non-hydrogen) atoms. The third kappa shape index (κ3) is 12.8. The van der Waals surface area contributed by atoms with Crippen LogP contribution in [0.5, 0.6) is 17.2 Å². The Bertz CT molecular complexity index is 1660. The summed E-state index contributed by atoms with van der Waals surface area (Å²) in [7, 11) is 0. The predicted octanol–water partition coefficient (Wildman–Crippen LogP) is 9.53. The summed E-state index contributed by atoms with van der Waals surface area (Å²) < 4.78 is 26.9. The normalized spacial score (nSPS) is 10.5. The molecular weight excluding hydrogens is 632 g/mol. The van der Waals surface area contributed by atoms with Crippen LogP contribution in [0.15, 0.2) is 123 Å². The van der Waals surface area contributed by atoms with Crippen LogP contribution in [0, 0.1) is 0 Å². The fourth-order valence-corrected chi connectivity index (χ4v) is 5.04. The van der Waals surface area contributed by atoms with Crippen LogP contribution in [0.25, 0.3) is 22.3 Å². The molecule has 0 N–H and O–H groups in total. The van der Waals surface area contributed by atoms with Crippen molar-refractivity contribution in [1.82, 2.24) is 0 Å². The minimum atomic E-state index is -0.438. The predicted molar refractivity (Wildman–Crippen MR) is 194 cm³/mol. The van der Waals surface area contributed by atoms with Crippen molar-refractivity contribution in [2.45, 2.75) is 51.4 Å². The molecule has 4 aromatic rings. The number of benzene rings is 4. The van der Waals surface area contributed by atoms with Gasteiger partial charge in [-0.1, -0.05) is 61.7 Å². The molecule has 8 nitrogen and oxygen atoms in total. The standard InChI is InChI=1S/C42H44O8/c1-3-40(43)49-31-10-6-5-9-29-47-37-23-21-35(22-24-37)33-15-13-32(14-16-33)34-17-19-36(20-18-34)42(45)50-39-27-25-38(26-28-39)48-30-11-7-8-12-41(44)46-4-2/h3-4,13-28H,1-2,5-12,29-31H2. The molecule has 0 atom stereocenters. The van der Waals surface area contributed by atoms with E-state index in [0.29, 0.717) is 43.3 Å². The molecule has 0 heterocycles. The maximum Gasteiger partial charge on any atom is 0.343 e. The number of carbonyl (C=O) groups excluding carboxylic acids is 3. The molecule has 4 rings (SSSR count). The highest BCUT2D eigenvalue weighted by Gasteiger charge is 2.10. The van der Waals surface area contributed by atoms with Gasteiger partial charge in [0, 0.05) is 12.5 Å². The lowest BCUT2D eigenvalue weighted by molar-refractivity contribution is -0.138. The van der Waals surface area contributed by atoms with Crippen molar-refractivity contribution in [2.24, 2.45) is 0 Å². The highest BCUT2D eigenvalue weighted by atomic mass is 16.5. The van der Waals surface area contributed by atoms with E-state index in [1.54, 1.807) is 36.4 Å². The minimum absolute atomic E-state index is 0.276. The lowest BCUT2D eigenvalue weighted by Gasteiger charge is -2.09. The Morgan fingerprint density at radius 2 is 0.960 bits per heavy atom. The van der Waals surface area contributed by atoms with E-state index in [4.69, 9.17) is 23.7 Å². The molecule has 0 unspecified atom stereocenters. The summed E-state index contributed by atoms with van der Waals surface area (Å²) >= 11 is 0. The molecule has 0 bridgehead atoms. The largest absolute Gasteiger partial charge is 0.494 e. The van der Waals surface area contributed by atoms with Gasteiger partial charge in [0.05, 0.1) is 31.6 Å². The Morgan fingerprint density at radius 3 is 1.48 bits per heavy atom. The number of hydrogen-bond acceptors (Lipinski definition) is 8. The zero-order valence-electron chi connectivity index (χ0n) is 28.4. The van der Waals surface area contributed by atoms with Gasteiger partial charge in [0.1, 0.15) is 17.2 Å². The molecule has 0 aliphatic rings. The van der Waals surface area contributed by atoms with Gasteiger partial charge in [-0.05, 0) is 116 Å². The lowest BCUT2D eigenvalue weighted by atomic mass is 9.99. The second-order valence-corrected chi connectivity index (χ2v) is 11.5. The van der Waals surface area contributed by atoms with Crippen molar-refractivity contribution < 1.29 is 38.1 Å². The molecule has 4 aromatic carbocycles. The number of ether oxygens (including phenoxy) is 5. The molecule has 0 fully saturated rings. The van der Waals surface area contributed by atoms with Crippen LogP contribution >= 0.6 is 0 Å². The Hall–Kier alpha value is -5.63. The quantitative estimate of drug-likeness (QED) is 0.0283. The summed E-state index contributed by atoms with van der Waals surface area (Å²) in [5.74, 6) is 0.852. The second kappa shape index (κ2) is 20.7. The van der Waals surface area contributed by atoms with Gasteiger partial charge in [0.15, 0.2) is 0 Å². The molecule has 0 aliphatic heterocycles. The summed E-state index contributed by atoms with van der Waals surface area (Å²) in [6.45, 7) is 8.34. The van der Waals surface area contributed by atoms with Crippen molar-refractivity contribution in [3.63, 3.8) is 0 Å². The van der Waals surface area contributed by atoms with Crippen LogP contribution in [0.1, 0.15) is 61.7 Å². The van der Waals surface area contributed by atoms with Crippen molar-refractivity contribution in [3.8, 4) is 39.5 Å². The Labute approximate surface area is 294 Å². The van der Waals surface area contributed by atoms with Gasteiger partial charge in [-0.2, -0.15) is 0 Å². The SMILES string of the molecule is C=COC(=O)CCCCCOc1ccc(OC(=O)c2ccc(-c3ccc(-c4ccc(OCCCCCCOC(=O)C=C)cc4)cc3)cc2)cc1. The van der Waals surface area contributed by atoms with Crippen molar-refractivity contribution in [3.05, 3.63) is 128 Å². The summed E-state index contributed by atoms with van der Waals surface area (Å²) in [4.78, 5) is 35.1. The van der Waals surface area contributed by atoms with E-state index >= 15 is 0 Å². The maximum absolute atomic E-state index is 12.8. The van der Waals surface area contributed by atoms with Crippen molar-refractivity contribution in [1.29, 1.82) is 0 Å². The molecule has 0 spiro atoms. The van der Waals surface area contributed by atoms with E-state index in [1.165, 1.54) is 6.08 Å². The van der Waals surface area contributed by atoms with Crippen LogP contribution in [-0.4, -0.2) is 37.7 Å². The fraction of sp³-hybridized carbons (Fsp3) is 0.262. The monoisotopic (exact) mass is 676 g/mol.